The van der Waals surface area contributed by atoms with Crippen LogP contribution in [0, 0.1) is 5.92 Å². The van der Waals surface area contributed by atoms with Gasteiger partial charge in [-0.05, 0) is 18.9 Å². The predicted molar refractivity (Wildman–Crippen MR) is 53.6 cm³/mol. The summed E-state index contributed by atoms with van der Waals surface area (Å²) in [5.74, 6) is -0.698. The Morgan fingerprint density at radius 2 is 2.14 bits per heavy atom. The van der Waals surface area contributed by atoms with Gasteiger partial charge in [0.15, 0.2) is 0 Å². The van der Waals surface area contributed by atoms with Crippen molar-refractivity contribution in [1.82, 2.24) is 5.32 Å². The van der Waals surface area contributed by atoms with Gasteiger partial charge in [0, 0.05) is 0 Å². The number of carbonyl (C=O) groups excluding carboxylic acids is 2. The zero-order valence-electron chi connectivity index (χ0n) is 8.58. The lowest BCUT2D eigenvalue weighted by Gasteiger charge is -2.28. The van der Waals surface area contributed by atoms with Crippen molar-refractivity contribution in [2.24, 2.45) is 11.7 Å². The number of likely N-dealkylation sites (N-methyl/N-ethyl adjacent to an activating group) is 1. The van der Waals surface area contributed by atoms with Gasteiger partial charge in [0.2, 0.25) is 5.78 Å². The van der Waals surface area contributed by atoms with E-state index in [2.05, 4.69) is 5.32 Å². The van der Waals surface area contributed by atoms with E-state index < -0.39 is 11.7 Å². The molecule has 0 radical (unpaired) electrons. The van der Waals surface area contributed by atoms with E-state index in [9.17, 15) is 9.59 Å². The Morgan fingerprint density at radius 3 is 2.50 bits per heavy atom. The molecule has 1 unspecified atom stereocenters. The molecule has 0 aliphatic heterocycles. The van der Waals surface area contributed by atoms with Gasteiger partial charge in [0.25, 0.3) is 5.91 Å². The molecule has 1 saturated carbocycles. The molecule has 0 spiro atoms. The van der Waals surface area contributed by atoms with Gasteiger partial charge in [-0.2, -0.15) is 0 Å². The molecule has 1 rings (SSSR count). The first-order chi connectivity index (χ1) is 6.65. The summed E-state index contributed by atoms with van der Waals surface area (Å²) in [6.07, 6.45) is 4.35. The smallest absolute Gasteiger partial charge is 0.286 e. The fourth-order valence-corrected chi connectivity index (χ4v) is 1.76. The van der Waals surface area contributed by atoms with Crippen LogP contribution in [0.15, 0.2) is 0 Å². The summed E-state index contributed by atoms with van der Waals surface area (Å²) in [4.78, 5) is 22.1. The van der Waals surface area contributed by atoms with Crippen molar-refractivity contribution in [1.29, 1.82) is 0 Å². The van der Waals surface area contributed by atoms with Gasteiger partial charge in [-0.3, -0.25) is 9.59 Å². The van der Waals surface area contributed by atoms with Gasteiger partial charge in [0.05, 0.1) is 6.04 Å². The minimum atomic E-state index is -0.824. The first-order valence-electron chi connectivity index (χ1n) is 5.22. The topological polar surface area (TPSA) is 72.2 Å². The van der Waals surface area contributed by atoms with Crippen LogP contribution in [0.3, 0.4) is 0 Å². The van der Waals surface area contributed by atoms with E-state index in [1.165, 1.54) is 19.3 Å². The molecule has 0 aromatic heterocycles. The highest BCUT2D eigenvalue weighted by Gasteiger charge is 2.28. The molecule has 80 valence electrons. The molecule has 0 aromatic carbocycles. The number of ketones is 1. The third kappa shape index (κ3) is 2.80. The molecule has 0 bridgehead atoms. The van der Waals surface area contributed by atoms with Gasteiger partial charge >= 0.3 is 0 Å². The molecule has 1 aliphatic rings. The highest BCUT2D eigenvalue weighted by Crippen LogP contribution is 2.30. The number of amides is 1. The number of hydrogen-bond acceptors (Lipinski definition) is 3. The van der Waals surface area contributed by atoms with Crippen LogP contribution in [0.2, 0.25) is 0 Å². The van der Waals surface area contributed by atoms with Crippen LogP contribution in [0.4, 0.5) is 0 Å². The summed E-state index contributed by atoms with van der Waals surface area (Å²) in [7, 11) is 0. The molecule has 1 atom stereocenters. The zero-order valence-corrected chi connectivity index (χ0v) is 8.58. The zero-order chi connectivity index (χ0) is 10.6. The number of nitrogens with one attached hydrogen (secondary N) is 1. The maximum Gasteiger partial charge on any atom is 0.286 e. The van der Waals surface area contributed by atoms with E-state index in [1.54, 1.807) is 0 Å². The summed E-state index contributed by atoms with van der Waals surface area (Å²) in [5, 5.41) is 3.01. The van der Waals surface area contributed by atoms with Crippen LogP contribution in [0.5, 0.6) is 0 Å². The standard InChI is InChI=1S/C10H18N2O2/c1-2-12-8(9(13)10(11)14)6-7-4-3-5-7/h7-8,12H,2-6H2,1H3,(H2,11,14). The lowest BCUT2D eigenvalue weighted by atomic mass is 9.80. The third-order valence-electron chi connectivity index (χ3n) is 2.80. The maximum absolute atomic E-state index is 11.4. The average molecular weight is 198 g/mol. The largest absolute Gasteiger partial charge is 0.363 e. The van der Waals surface area contributed by atoms with Crippen LogP contribution >= 0.6 is 0 Å². The van der Waals surface area contributed by atoms with Crippen LogP contribution < -0.4 is 11.1 Å². The van der Waals surface area contributed by atoms with E-state index in [-0.39, 0.29) is 6.04 Å². The second kappa shape index (κ2) is 5.10. The van der Waals surface area contributed by atoms with Crippen molar-refractivity contribution in [2.75, 3.05) is 6.54 Å². The Kier molecular flexibility index (Phi) is 4.07. The van der Waals surface area contributed by atoms with Crippen LogP contribution in [0.25, 0.3) is 0 Å². The number of hydrogen-bond donors (Lipinski definition) is 2. The number of nitrogens with two attached hydrogens (primary N) is 1. The van der Waals surface area contributed by atoms with Gasteiger partial charge in [-0.25, -0.2) is 0 Å². The summed E-state index contributed by atoms with van der Waals surface area (Å²) in [6, 6.07) is -0.359. The SMILES string of the molecule is CCNC(CC1CCC1)C(=O)C(N)=O. The molecular weight excluding hydrogens is 180 g/mol. The molecule has 0 saturated heterocycles. The summed E-state index contributed by atoms with van der Waals surface area (Å²) in [5.41, 5.74) is 4.97. The Balaban J connectivity index is 2.44. The van der Waals surface area contributed by atoms with Crippen molar-refractivity contribution in [2.45, 2.75) is 38.6 Å². The first-order valence-corrected chi connectivity index (χ1v) is 5.22. The average Bonchev–Trinajstić information content (AvgIpc) is 2.07. The second-order valence-corrected chi connectivity index (χ2v) is 3.87. The fraction of sp³-hybridized carbons (Fsp3) is 0.800. The van der Waals surface area contributed by atoms with E-state index in [0.717, 1.165) is 6.42 Å². The summed E-state index contributed by atoms with van der Waals surface area (Å²) < 4.78 is 0. The van der Waals surface area contributed by atoms with E-state index in [0.29, 0.717) is 12.5 Å². The van der Waals surface area contributed by atoms with Crippen molar-refractivity contribution < 1.29 is 9.59 Å². The number of carbonyl (C=O) groups is 2. The third-order valence-corrected chi connectivity index (χ3v) is 2.80. The lowest BCUT2D eigenvalue weighted by Crippen LogP contribution is -2.45. The van der Waals surface area contributed by atoms with Crippen LogP contribution in [-0.2, 0) is 9.59 Å². The van der Waals surface area contributed by atoms with E-state index in [4.69, 9.17) is 5.73 Å². The Bertz CT molecular complexity index is 224. The first kappa shape index (κ1) is 11.2. The number of rotatable bonds is 6. The quantitative estimate of drug-likeness (QED) is 0.599. The Hall–Kier alpha value is -0.900. The van der Waals surface area contributed by atoms with Gasteiger partial charge in [-0.15, -0.1) is 0 Å². The molecule has 0 aromatic rings. The molecule has 3 N–H and O–H groups in total. The maximum atomic E-state index is 11.4. The minimum Gasteiger partial charge on any atom is -0.363 e. The summed E-state index contributed by atoms with van der Waals surface area (Å²) in [6.45, 7) is 2.61. The highest BCUT2D eigenvalue weighted by atomic mass is 16.2. The van der Waals surface area contributed by atoms with Crippen LogP contribution in [-0.4, -0.2) is 24.3 Å². The molecule has 4 nitrogen and oxygen atoms in total. The highest BCUT2D eigenvalue weighted by molar-refractivity contribution is 6.37. The summed E-state index contributed by atoms with van der Waals surface area (Å²) >= 11 is 0. The fourth-order valence-electron chi connectivity index (χ4n) is 1.76. The van der Waals surface area contributed by atoms with Crippen molar-refractivity contribution in [3.8, 4) is 0 Å². The number of primary amides is 1. The Morgan fingerprint density at radius 1 is 1.50 bits per heavy atom. The molecule has 1 amide bonds. The molecule has 0 heterocycles. The van der Waals surface area contributed by atoms with Crippen molar-refractivity contribution in [3.63, 3.8) is 0 Å². The van der Waals surface area contributed by atoms with Crippen LogP contribution in [0.1, 0.15) is 32.6 Å². The predicted octanol–water partition coefficient (Wildman–Crippen LogP) is 0.209. The molecule has 14 heavy (non-hydrogen) atoms. The molecular formula is C10H18N2O2. The number of Topliss-reactive ketones (excluding diaryl/α,β-unsaturated/α-hetero) is 1. The van der Waals surface area contributed by atoms with Gasteiger partial charge in [-0.1, -0.05) is 26.2 Å². The minimum absolute atomic E-state index is 0.359. The van der Waals surface area contributed by atoms with E-state index in [1.807, 2.05) is 6.92 Å². The van der Waals surface area contributed by atoms with Crippen molar-refractivity contribution >= 4 is 11.7 Å². The lowest BCUT2D eigenvalue weighted by molar-refractivity contribution is -0.137. The second-order valence-electron chi connectivity index (χ2n) is 3.87. The molecule has 1 fully saturated rings. The molecule has 4 heteroatoms. The van der Waals surface area contributed by atoms with E-state index >= 15 is 0 Å². The van der Waals surface area contributed by atoms with Crippen molar-refractivity contribution in [3.05, 3.63) is 0 Å². The van der Waals surface area contributed by atoms with Gasteiger partial charge < -0.3 is 11.1 Å². The van der Waals surface area contributed by atoms with Gasteiger partial charge in [0.1, 0.15) is 0 Å². The Labute approximate surface area is 84.2 Å². The molecule has 1 aliphatic carbocycles. The normalized spacial score (nSPS) is 18.6. The monoisotopic (exact) mass is 198 g/mol.